The summed E-state index contributed by atoms with van der Waals surface area (Å²) >= 11 is 0. The molecule has 2 unspecified atom stereocenters. The molecule has 2 N–H and O–H groups in total. The van der Waals surface area contributed by atoms with Gasteiger partial charge in [0.25, 0.3) is 0 Å². The van der Waals surface area contributed by atoms with Gasteiger partial charge < -0.3 is 20.3 Å². The summed E-state index contributed by atoms with van der Waals surface area (Å²) in [5.41, 5.74) is -1.06. The Kier molecular flexibility index (Phi) is 3.14. The third-order valence-electron chi connectivity index (χ3n) is 9.84. The monoisotopic (exact) mass is 447 g/mol. The molecule has 1 aliphatic carbocycles. The summed E-state index contributed by atoms with van der Waals surface area (Å²) in [6.07, 6.45) is 6.51. The molecule has 3 amide bonds. The summed E-state index contributed by atoms with van der Waals surface area (Å²) in [5.74, 6) is 0.523. The maximum atomic E-state index is 13.9. The summed E-state index contributed by atoms with van der Waals surface area (Å²) in [6.45, 7) is 8.86. The molecule has 7 heteroatoms. The fraction of sp³-hybridized carbons (Fsp3) is 0.577. The van der Waals surface area contributed by atoms with Gasteiger partial charge in [-0.2, -0.15) is 0 Å². The zero-order chi connectivity index (χ0) is 23.2. The molecule has 1 saturated carbocycles. The lowest BCUT2D eigenvalue weighted by molar-refractivity contribution is -0.175. The van der Waals surface area contributed by atoms with Crippen LogP contribution < -0.4 is 15.4 Å². The van der Waals surface area contributed by atoms with E-state index in [0.29, 0.717) is 25.8 Å². The lowest BCUT2D eigenvalue weighted by atomic mass is 9.57. The van der Waals surface area contributed by atoms with E-state index in [-0.39, 0.29) is 23.6 Å². The maximum absolute atomic E-state index is 13.9. The highest BCUT2D eigenvalue weighted by molar-refractivity contribution is 6.12. The molecule has 6 heterocycles. The fourth-order valence-electron chi connectivity index (χ4n) is 8.24. The zero-order valence-corrected chi connectivity index (χ0v) is 19.5. The quantitative estimate of drug-likeness (QED) is 0.640. The van der Waals surface area contributed by atoms with Gasteiger partial charge in [-0.05, 0) is 68.7 Å². The van der Waals surface area contributed by atoms with Crippen LogP contribution in [0.3, 0.4) is 0 Å². The Hall–Kier alpha value is -2.83. The van der Waals surface area contributed by atoms with Crippen LogP contribution in [0.5, 0.6) is 5.75 Å². The second-order valence-corrected chi connectivity index (χ2v) is 12.0. The van der Waals surface area contributed by atoms with Crippen molar-refractivity contribution in [1.82, 2.24) is 10.2 Å². The molecule has 6 aliphatic heterocycles. The molecule has 1 aromatic carbocycles. The van der Waals surface area contributed by atoms with E-state index in [0.717, 1.165) is 29.0 Å². The van der Waals surface area contributed by atoms with Gasteiger partial charge in [-0.3, -0.25) is 14.4 Å². The Morgan fingerprint density at radius 1 is 1.09 bits per heavy atom. The molecule has 4 atom stereocenters. The predicted octanol–water partition coefficient (Wildman–Crippen LogP) is 2.74. The average Bonchev–Trinajstić information content (AvgIpc) is 3.35. The number of nitrogens with one attached hydrogen (secondary N) is 2. The lowest BCUT2D eigenvalue weighted by Crippen LogP contribution is -2.81. The maximum Gasteiger partial charge on any atom is 0.249 e. The molecular formula is C26H29N3O4. The highest BCUT2D eigenvalue weighted by Gasteiger charge is 2.80. The summed E-state index contributed by atoms with van der Waals surface area (Å²) < 4.78 is 6.15. The van der Waals surface area contributed by atoms with Gasteiger partial charge in [0.15, 0.2) is 0 Å². The van der Waals surface area contributed by atoms with Crippen LogP contribution in [0.4, 0.5) is 5.69 Å². The topological polar surface area (TPSA) is 87.7 Å². The van der Waals surface area contributed by atoms with E-state index in [2.05, 4.69) is 24.5 Å². The van der Waals surface area contributed by atoms with Crippen LogP contribution in [0.2, 0.25) is 0 Å². The van der Waals surface area contributed by atoms with E-state index >= 15 is 0 Å². The van der Waals surface area contributed by atoms with Crippen LogP contribution in [-0.2, 0) is 19.8 Å². The van der Waals surface area contributed by atoms with E-state index in [1.165, 1.54) is 0 Å². The van der Waals surface area contributed by atoms with Crippen LogP contribution in [0.15, 0.2) is 18.2 Å². The fourth-order valence-corrected chi connectivity index (χ4v) is 8.24. The number of amides is 3. The van der Waals surface area contributed by atoms with Gasteiger partial charge in [-0.15, -0.1) is 0 Å². The Bertz CT molecular complexity index is 1230. The summed E-state index contributed by atoms with van der Waals surface area (Å²) in [4.78, 5) is 43.0. The van der Waals surface area contributed by atoms with Crippen LogP contribution >= 0.6 is 0 Å². The standard InChI is InChI=1S/C26H29N3O4/c1-22(2)10-8-14-16(33-22)7-6-15-18(14)27-20(31)25(15)13-26-17(23(25,3)4)12-24(19(30)28-26)9-5-11-29(24)21(26)32/h6-8,10,17H,5,9,11-13H2,1-4H3,(H,27,31)(H,28,30)/t17-,24?,25?,26-/m0/s1. The molecule has 7 aliphatic rings. The number of nitrogens with zero attached hydrogens (tertiary/aromatic N) is 1. The average molecular weight is 448 g/mol. The number of hydrogen-bond donors (Lipinski definition) is 2. The molecule has 5 fully saturated rings. The first kappa shape index (κ1) is 19.6. The van der Waals surface area contributed by atoms with Crippen molar-refractivity contribution < 1.29 is 19.1 Å². The SMILES string of the molecule is CC1(C)C=Cc2c(ccc3c2NC(=O)C32C[C@@]34NC(=O)C5(CCCN5C3=O)C[C@H]4C2(C)C)O1. The lowest BCUT2D eigenvalue weighted by Gasteiger charge is -2.59. The molecule has 0 radical (unpaired) electrons. The van der Waals surface area contributed by atoms with Crippen molar-refractivity contribution in [2.75, 3.05) is 11.9 Å². The van der Waals surface area contributed by atoms with E-state index in [1.54, 1.807) is 0 Å². The zero-order valence-electron chi connectivity index (χ0n) is 19.5. The van der Waals surface area contributed by atoms with Gasteiger partial charge in [0.1, 0.15) is 22.4 Å². The highest BCUT2D eigenvalue weighted by Crippen LogP contribution is 2.70. The molecular weight excluding hydrogens is 418 g/mol. The third kappa shape index (κ3) is 1.87. The minimum absolute atomic E-state index is 0.00462. The van der Waals surface area contributed by atoms with Crippen LogP contribution in [0.25, 0.3) is 6.08 Å². The van der Waals surface area contributed by atoms with Crippen molar-refractivity contribution in [1.29, 1.82) is 0 Å². The van der Waals surface area contributed by atoms with Gasteiger partial charge >= 0.3 is 0 Å². The predicted molar refractivity (Wildman–Crippen MR) is 122 cm³/mol. The Labute approximate surface area is 192 Å². The van der Waals surface area contributed by atoms with Gasteiger partial charge in [0.2, 0.25) is 17.7 Å². The minimum Gasteiger partial charge on any atom is -0.483 e. The normalized spacial score (nSPS) is 40.2. The first-order chi connectivity index (χ1) is 15.5. The number of piperazine rings is 1. The van der Waals surface area contributed by atoms with Gasteiger partial charge in [0, 0.05) is 18.0 Å². The van der Waals surface area contributed by atoms with Crippen LogP contribution in [-0.4, -0.2) is 45.8 Å². The van der Waals surface area contributed by atoms with E-state index in [4.69, 9.17) is 4.74 Å². The first-order valence-electron chi connectivity index (χ1n) is 12.0. The molecule has 172 valence electrons. The second-order valence-electron chi connectivity index (χ2n) is 12.0. The van der Waals surface area contributed by atoms with Gasteiger partial charge in [-0.1, -0.05) is 19.9 Å². The van der Waals surface area contributed by atoms with Crippen molar-refractivity contribution in [2.45, 2.75) is 75.5 Å². The molecule has 1 aromatic rings. The number of fused-ring (bicyclic) bond motifs is 5. The van der Waals surface area contributed by atoms with Gasteiger partial charge in [0.05, 0.1) is 11.1 Å². The summed E-state index contributed by atoms with van der Waals surface area (Å²) in [6, 6.07) is 3.95. The van der Waals surface area contributed by atoms with Crippen molar-refractivity contribution in [3.63, 3.8) is 0 Å². The Morgan fingerprint density at radius 3 is 2.67 bits per heavy atom. The number of carbonyl (C=O) groups is 3. The second kappa shape index (κ2) is 5.29. The number of rotatable bonds is 0. The molecule has 0 aromatic heterocycles. The van der Waals surface area contributed by atoms with Crippen LogP contribution in [0, 0.1) is 11.3 Å². The molecule has 7 nitrogen and oxygen atoms in total. The molecule has 4 saturated heterocycles. The van der Waals surface area contributed by atoms with Crippen molar-refractivity contribution in [2.24, 2.45) is 11.3 Å². The molecule has 33 heavy (non-hydrogen) atoms. The number of benzene rings is 1. The van der Waals surface area contributed by atoms with Crippen molar-refractivity contribution in [3.8, 4) is 5.75 Å². The summed E-state index contributed by atoms with van der Waals surface area (Å²) in [5, 5.41) is 6.36. The summed E-state index contributed by atoms with van der Waals surface area (Å²) in [7, 11) is 0. The molecule has 2 bridgehead atoms. The molecule has 8 rings (SSSR count). The highest BCUT2D eigenvalue weighted by atomic mass is 16.5. The largest absolute Gasteiger partial charge is 0.483 e. The number of anilines is 1. The van der Waals surface area contributed by atoms with E-state index in [9.17, 15) is 14.4 Å². The third-order valence-corrected chi connectivity index (χ3v) is 9.84. The number of piperidine rings is 2. The van der Waals surface area contributed by atoms with Crippen molar-refractivity contribution in [3.05, 3.63) is 29.3 Å². The van der Waals surface area contributed by atoms with E-state index in [1.807, 2.05) is 43.0 Å². The van der Waals surface area contributed by atoms with Crippen molar-refractivity contribution >= 4 is 29.5 Å². The Morgan fingerprint density at radius 2 is 1.88 bits per heavy atom. The first-order valence-corrected chi connectivity index (χ1v) is 12.0. The van der Waals surface area contributed by atoms with Crippen LogP contribution in [0.1, 0.15) is 64.5 Å². The minimum atomic E-state index is -1.03. The molecule has 3 spiro atoms. The number of carbonyl (C=O) groups excluding carboxylic acids is 3. The number of ether oxygens (including phenoxy) is 1. The smallest absolute Gasteiger partial charge is 0.249 e. The van der Waals surface area contributed by atoms with E-state index < -0.39 is 27.5 Å². The van der Waals surface area contributed by atoms with Gasteiger partial charge in [-0.25, -0.2) is 0 Å². The Balaban J connectivity index is 1.43. The number of hydrogen-bond acceptors (Lipinski definition) is 4.